The molecule has 1 aromatic rings. The molecule has 5 nitrogen and oxygen atoms in total. The van der Waals surface area contributed by atoms with Gasteiger partial charge in [0.1, 0.15) is 5.01 Å². The number of aliphatic hydroxyl groups excluding tert-OH is 1. The average Bonchev–Trinajstić information content (AvgIpc) is 2.90. The quantitative estimate of drug-likeness (QED) is 0.768. The molecular weight excluding hydrogens is 288 g/mol. The summed E-state index contributed by atoms with van der Waals surface area (Å²) in [5, 5.41) is 16.4. The molecule has 1 fully saturated rings. The van der Waals surface area contributed by atoms with E-state index in [1.54, 1.807) is 18.4 Å². The Labute approximate surface area is 130 Å². The smallest absolute Gasteiger partial charge is 0.119 e. The average molecular weight is 314 g/mol. The second kappa shape index (κ2) is 6.71. The lowest BCUT2D eigenvalue weighted by Crippen LogP contribution is -2.73. The number of aromatic nitrogens is 1. The van der Waals surface area contributed by atoms with E-state index in [2.05, 4.69) is 24.1 Å². The second-order valence-corrected chi connectivity index (χ2v) is 7.07. The lowest BCUT2D eigenvalue weighted by Gasteiger charge is -2.60. The molecule has 2 N–H and O–H groups in total. The Bertz CT molecular complexity index is 464. The van der Waals surface area contributed by atoms with Crippen LogP contribution in [-0.4, -0.2) is 42.1 Å². The van der Waals surface area contributed by atoms with E-state index in [0.717, 1.165) is 17.1 Å². The Hall–Kier alpha value is -0.530. The SMILES string of the molecule is CCO[C@@H]1C[C@](CO)(NCc2csc(COC)n2)C1(C)C. The zero-order chi connectivity index (χ0) is 15.5. The monoisotopic (exact) mass is 314 g/mol. The molecule has 0 saturated heterocycles. The molecule has 0 spiro atoms. The van der Waals surface area contributed by atoms with Crippen LogP contribution in [0.5, 0.6) is 0 Å². The number of ether oxygens (including phenoxy) is 2. The number of nitrogens with zero attached hydrogens (tertiary/aromatic N) is 1. The number of thiazole rings is 1. The van der Waals surface area contributed by atoms with Crippen LogP contribution in [0.25, 0.3) is 0 Å². The van der Waals surface area contributed by atoms with Gasteiger partial charge < -0.3 is 19.9 Å². The number of hydrogen-bond donors (Lipinski definition) is 2. The second-order valence-electron chi connectivity index (χ2n) is 6.13. The molecule has 0 aliphatic heterocycles. The van der Waals surface area contributed by atoms with E-state index in [-0.39, 0.29) is 23.7 Å². The van der Waals surface area contributed by atoms with E-state index in [0.29, 0.717) is 19.8 Å². The number of nitrogens with one attached hydrogen (secondary N) is 1. The van der Waals surface area contributed by atoms with Gasteiger partial charge in [-0.3, -0.25) is 0 Å². The van der Waals surface area contributed by atoms with Crippen molar-refractivity contribution in [2.24, 2.45) is 5.41 Å². The third-order valence-corrected chi connectivity index (χ3v) is 5.56. The lowest BCUT2D eigenvalue weighted by atomic mass is 9.54. The van der Waals surface area contributed by atoms with E-state index in [4.69, 9.17) is 9.47 Å². The van der Waals surface area contributed by atoms with E-state index in [9.17, 15) is 5.11 Å². The molecule has 2 rings (SSSR count). The van der Waals surface area contributed by atoms with E-state index in [1.807, 2.05) is 12.3 Å². The Morgan fingerprint density at radius 1 is 1.52 bits per heavy atom. The predicted molar refractivity (Wildman–Crippen MR) is 83.3 cm³/mol. The molecular formula is C15H26N2O3S. The van der Waals surface area contributed by atoms with Crippen LogP contribution in [-0.2, 0) is 22.6 Å². The van der Waals surface area contributed by atoms with Gasteiger partial charge in [-0.25, -0.2) is 4.98 Å². The molecule has 120 valence electrons. The van der Waals surface area contributed by atoms with Crippen LogP contribution in [0, 0.1) is 5.41 Å². The first-order chi connectivity index (χ1) is 9.99. The minimum absolute atomic E-state index is 0.0941. The summed E-state index contributed by atoms with van der Waals surface area (Å²) < 4.78 is 10.8. The molecule has 1 aliphatic carbocycles. The minimum Gasteiger partial charge on any atom is -0.394 e. The van der Waals surface area contributed by atoms with Gasteiger partial charge in [-0.2, -0.15) is 0 Å². The Morgan fingerprint density at radius 3 is 2.86 bits per heavy atom. The highest BCUT2D eigenvalue weighted by molar-refractivity contribution is 7.09. The van der Waals surface area contributed by atoms with Crippen LogP contribution in [0.15, 0.2) is 5.38 Å². The summed E-state index contributed by atoms with van der Waals surface area (Å²) in [6.45, 7) is 8.33. The van der Waals surface area contributed by atoms with Crippen LogP contribution in [0.3, 0.4) is 0 Å². The molecule has 6 heteroatoms. The Balaban J connectivity index is 1.96. The number of aliphatic hydroxyl groups is 1. The summed E-state index contributed by atoms with van der Waals surface area (Å²) in [5.74, 6) is 0. The van der Waals surface area contributed by atoms with Crippen LogP contribution >= 0.6 is 11.3 Å². The van der Waals surface area contributed by atoms with Gasteiger partial charge in [-0.05, 0) is 13.3 Å². The highest BCUT2D eigenvalue weighted by Gasteiger charge is 2.60. The van der Waals surface area contributed by atoms with Gasteiger partial charge in [-0.15, -0.1) is 11.3 Å². The van der Waals surface area contributed by atoms with Crippen molar-refractivity contribution in [2.45, 2.75) is 52.0 Å². The molecule has 1 aliphatic rings. The fourth-order valence-electron chi connectivity index (χ4n) is 2.98. The molecule has 0 unspecified atom stereocenters. The molecule has 0 amide bonds. The summed E-state index contributed by atoms with van der Waals surface area (Å²) in [7, 11) is 1.67. The molecule has 0 radical (unpaired) electrons. The number of hydrogen-bond acceptors (Lipinski definition) is 6. The predicted octanol–water partition coefficient (Wildman–Crippen LogP) is 1.95. The maximum Gasteiger partial charge on any atom is 0.119 e. The highest BCUT2D eigenvalue weighted by atomic mass is 32.1. The van der Waals surface area contributed by atoms with Crippen molar-refractivity contribution in [3.05, 3.63) is 16.1 Å². The van der Waals surface area contributed by atoms with Crippen LogP contribution in [0.4, 0.5) is 0 Å². The van der Waals surface area contributed by atoms with Gasteiger partial charge in [0.2, 0.25) is 0 Å². The summed E-state index contributed by atoms with van der Waals surface area (Å²) in [6.07, 6.45) is 1.03. The zero-order valence-electron chi connectivity index (χ0n) is 13.3. The van der Waals surface area contributed by atoms with Crippen molar-refractivity contribution in [3.8, 4) is 0 Å². The summed E-state index contributed by atoms with van der Waals surface area (Å²) in [6, 6.07) is 0. The molecule has 0 bridgehead atoms. The van der Waals surface area contributed by atoms with Crippen molar-refractivity contribution in [1.82, 2.24) is 10.3 Å². The van der Waals surface area contributed by atoms with Gasteiger partial charge in [0.05, 0.1) is 30.6 Å². The third kappa shape index (κ3) is 3.14. The van der Waals surface area contributed by atoms with Crippen molar-refractivity contribution in [1.29, 1.82) is 0 Å². The molecule has 0 aromatic carbocycles. The van der Waals surface area contributed by atoms with Crippen molar-refractivity contribution >= 4 is 11.3 Å². The summed E-state index contributed by atoms with van der Waals surface area (Å²) in [4.78, 5) is 4.52. The summed E-state index contributed by atoms with van der Waals surface area (Å²) >= 11 is 1.60. The number of methoxy groups -OCH3 is 1. The molecule has 1 saturated carbocycles. The van der Waals surface area contributed by atoms with Crippen LogP contribution in [0.2, 0.25) is 0 Å². The first-order valence-corrected chi connectivity index (χ1v) is 8.26. The van der Waals surface area contributed by atoms with E-state index < -0.39 is 0 Å². The largest absolute Gasteiger partial charge is 0.394 e. The van der Waals surface area contributed by atoms with E-state index in [1.165, 1.54) is 0 Å². The minimum atomic E-state index is -0.294. The summed E-state index contributed by atoms with van der Waals surface area (Å²) in [5.41, 5.74) is 0.608. The third-order valence-electron chi connectivity index (χ3n) is 4.68. The van der Waals surface area contributed by atoms with Crippen molar-refractivity contribution < 1.29 is 14.6 Å². The highest BCUT2D eigenvalue weighted by Crippen LogP contribution is 2.51. The topological polar surface area (TPSA) is 63.6 Å². The fourth-order valence-corrected chi connectivity index (χ4v) is 3.75. The number of rotatable bonds is 8. The molecule has 1 aromatic heterocycles. The standard InChI is InChI=1S/C15H26N2O3S/c1-5-20-12-6-15(10-18,14(12,2)3)16-7-11-9-21-13(17-11)8-19-4/h9,12,16,18H,5-8,10H2,1-4H3/t12-,15-/m1/s1. The van der Waals surface area contributed by atoms with Crippen LogP contribution < -0.4 is 5.32 Å². The van der Waals surface area contributed by atoms with Gasteiger partial charge in [-0.1, -0.05) is 13.8 Å². The normalized spacial score (nSPS) is 27.6. The molecule has 1 heterocycles. The van der Waals surface area contributed by atoms with Gasteiger partial charge >= 0.3 is 0 Å². The Kier molecular flexibility index (Phi) is 5.38. The van der Waals surface area contributed by atoms with Crippen molar-refractivity contribution in [3.63, 3.8) is 0 Å². The van der Waals surface area contributed by atoms with E-state index >= 15 is 0 Å². The van der Waals surface area contributed by atoms with Gasteiger partial charge in [0, 0.05) is 31.1 Å². The first-order valence-electron chi connectivity index (χ1n) is 7.39. The molecule has 2 atom stereocenters. The maximum atomic E-state index is 9.87. The molecule has 21 heavy (non-hydrogen) atoms. The Morgan fingerprint density at radius 2 is 2.29 bits per heavy atom. The fraction of sp³-hybridized carbons (Fsp3) is 0.800. The first kappa shape index (κ1) is 16.8. The van der Waals surface area contributed by atoms with Crippen LogP contribution in [0.1, 0.15) is 37.9 Å². The maximum absolute atomic E-state index is 9.87. The van der Waals surface area contributed by atoms with Gasteiger partial charge in [0.25, 0.3) is 0 Å². The lowest BCUT2D eigenvalue weighted by molar-refractivity contribution is -0.177. The van der Waals surface area contributed by atoms with Crippen molar-refractivity contribution in [2.75, 3.05) is 20.3 Å². The van der Waals surface area contributed by atoms with Gasteiger partial charge in [0.15, 0.2) is 0 Å². The zero-order valence-corrected chi connectivity index (χ0v) is 14.1.